The molecule has 7 heteroatoms. The lowest BCUT2D eigenvalue weighted by molar-refractivity contribution is 0.0612. The molecule has 4 nitrogen and oxygen atoms in total. The van der Waals surface area contributed by atoms with Crippen LogP contribution < -0.4 is 5.73 Å². The molecule has 0 aliphatic carbocycles. The Kier molecular flexibility index (Phi) is 5.54. The lowest BCUT2D eigenvalue weighted by Crippen LogP contribution is -2.54. The van der Waals surface area contributed by atoms with E-state index in [4.69, 9.17) is 18.0 Å². The predicted octanol–water partition coefficient (Wildman–Crippen LogP) is 2.33. The van der Waals surface area contributed by atoms with Gasteiger partial charge in [0.1, 0.15) is 0 Å². The Bertz CT molecular complexity index is 498. The Labute approximate surface area is 137 Å². The van der Waals surface area contributed by atoms with Crippen molar-refractivity contribution in [1.82, 2.24) is 9.80 Å². The van der Waals surface area contributed by atoms with Gasteiger partial charge in [-0.25, -0.2) is 0 Å². The van der Waals surface area contributed by atoms with Gasteiger partial charge in [-0.3, -0.25) is 9.69 Å². The summed E-state index contributed by atoms with van der Waals surface area (Å²) in [6, 6.07) is 2.03. The van der Waals surface area contributed by atoms with Gasteiger partial charge in [-0.2, -0.15) is 0 Å². The van der Waals surface area contributed by atoms with Crippen molar-refractivity contribution in [3.8, 4) is 0 Å². The summed E-state index contributed by atoms with van der Waals surface area (Å²) in [6.07, 6.45) is 0.917. The molecular weight excluding hydrogens is 358 g/mol. The van der Waals surface area contributed by atoms with Crippen LogP contribution in [0, 0.1) is 0 Å². The number of hydrogen-bond donors (Lipinski definition) is 1. The monoisotopic (exact) mass is 375 g/mol. The first-order valence-corrected chi connectivity index (χ1v) is 8.67. The van der Waals surface area contributed by atoms with Crippen molar-refractivity contribution < 1.29 is 4.79 Å². The maximum Gasteiger partial charge on any atom is 0.254 e. The summed E-state index contributed by atoms with van der Waals surface area (Å²) in [7, 11) is 0. The first-order chi connectivity index (χ1) is 9.52. The second-order valence-corrected chi connectivity index (χ2v) is 7.56. The number of amides is 1. The average Bonchev–Trinajstić information content (AvgIpc) is 2.86. The lowest BCUT2D eigenvalue weighted by atomic mass is 10.1. The van der Waals surface area contributed by atoms with Crippen molar-refractivity contribution in [2.75, 3.05) is 26.2 Å². The van der Waals surface area contributed by atoms with Crippen molar-refractivity contribution in [2.45, 2.75) is 19.4 Å². The fourth-order valence-corrected chi connectivity index (χ4v) is 3.93. The van der Waals surface area contributed by atoms with Crippen LogP contribution in [0.25, 0.3) is 0 Å². The number of carbonyl (C=O) groups excluding carboxylic acids is 1. The Hall–Kier alpha value is -0.500. The Morgan fingerprint density at radius 3 is 2.60 bits per heavy atom. The van der Waals surface area contributed by atoms with E-state index < -0.39 is 0 Å². The number of nitrogens with two attached hydrogens (primary N) is 1. The Morgan fingerprint density at radius 2 is 2.15 bits per heavy atom. The molecule has 1 unspecified atom stereocenters. The van der Waals surface area contributed by atoms with Gasteiger partial charge < -0.3 is 10.6 Å². The minimum atomic E-state index is 0.106. The van der Waals surface area contributed by atoms with Crippen LogP contribution in [0.3, 0.4) is 0 Å². The number of rotatable bonds is 4. The molecule has 1 saturated heterocycles. The van der Waals surface area contributed by atoms with E-state index in [2.05, 4.69) is 27.8 Å². The average molecular weight is 376 g/mol. The second-order valence-electron chi connectivity index (χ2n) is 4.79. The van der Waals surface area contributed by atoms with E-state index in [1.807, 2.05) is 16.3 Å². The molecular formula is C13H18BrN3OS2. The van der Waals surface area contributed by atoms with Crippen molar-refractivity contribution in [1.29, 1.82) is 0 Å². The van der Waals surface area contributed by atoms with Gasteiger partial charge in [-0.05, 0) is 28.4 Å². The molecule has 1 atom stereocenters. The topological polar surface area (TPSA) is 49.6 Å². The quantitative estimate of drug-likeness (QED) is 0.820. The molecule has 1 amide bonds. The third-order valence-corrected chi connectivity index (χ3v) is 5.35. The second kappa shape index (κ2) is 6.98. The van der Waals surface area contributed by atoms with E-state index in [1.54, 1.807) is 0 Å². The lowest BCUT2D eigenvalue weighted by Gasteiger charge is -2.38. The van der Waals surface area contributed by atoms with Gasteiger partial charge in [0.2, 0.25) is 0 Å². The molecule has 1 aliphatic rings. The van der Waals surface area contributed by atoms with E-state index in [-0.39, 0.29) is 11.9 Å². The Balaban J connectivity index is 1.94. The molecule has 0 saturated carbocycles. The van der Waals surface area contributed by atoms with Crippen LogP contribution in [0.2, 0.25) is 0 Å². The number of halogens is 1. The van der Waals surface area contributed by atoms with Crippen LogP contribution in [0.1, 0.15) is 23.7 Å². The highest BCUT2D eigenvalue weighted by molar-refractivity contribution is 9.11. The summed E-state index contributed by atoms with van der Waals surface area (Å²) < 4.78 is 0.985. The van der Waals surface area contributed by atoms with E-state index in [9.17, 15) is 4.79 Å². The zero-order valence-electron chi connectivity index (χ0n) is 11.3. The van der Waals surface area contributed by atoms with Gasteiger partial charge in [-0.1, -0.05) is 19.1 Å². The molecule has 20 heavy (non-hydrogen) atoms. The zero-order chi connectivity index (χ0) is 14.7. The van der Waals surface area contributed by atoms with E-state index >= 15 is 0 Å². The SMILES string of the molecule is CCC(C(N)=S)N1CCN(C(=O)c2csc(Br)c2)CC1. The van der Waals surface area contributed by atoms with Crippen LogP contribution in [-0.2, 0) is 0 Å². The molecule has 2 heterocycles. The Morgan fingerprint density at radius 1 is 1.50 bits per heavy atom. The fourth-order valence-electron chi connectivity index (χ4n) is 2.48. The summed E-state index contributed by atoms with van der Waals surface area (Å²) in [5, 5.41) is 1.89. The number of piperazine rings is 1. The van der Waals surface area contributed by atoms with Crippen LogP contribution in [0.5, 0.6) is 0 Å². The van der Waals surface area contributed by atoms with Gasteiger partial charge >= 0.3 is 0 Å². The summed E-state index contributed by atoms with van der Waals surface area (Å²) in [4.78, 5) is 17.1. The molecule has 0 spiro atoms. The van der Waals surface area contributed by atoms with Crippen LogP contribution in [0.4, 0.5) is 0 Å². The molecule has 0 bridgehead atoms. The molecule has 2 N–H and O–H groups in total. The van der Waals surface area contributed by atoms with Crippen molar-refractivity contribution in [3.63, 3.8) is 0 Å². The molecule has 1 aliphatic heterocycles. The molecule has 1 fully saturated rings. The van der Waals surface area contributed by atoms with Crippen LogP contribution >= 0.6 is 39.5 Å². The summed E-state index contributed by atoms with van der Waals surface area (Å²) in [5.74, 6) is 0.106. The number of nitrogens with zero attached hydrogens (tertiary/aromatic N) is 2. The largest absolute Gasteiger partial charge is 0.392 e. The summed E-state index contributed by atoms with van der Waals surface area (Å²) in [5.41, 5.74) is 6.53. The van der Waals surface area contributed by atoms with Crippen molar-refractivity contribution in [3.05, 3.63) is 20.8 Å². The van der Waals surface area contributed by atoms with Crippen molar-refractivity contribution >= 4 is 50.4 Å². The first-order valence-electron chi connectivity index (χ1n) is 6.59. The third kappa shape index (κ3) is 3.58. The van der Waals surface area contributed by atoms with E-state index in [0.717, 1.165) is 41.9 Å². The predicted molar refractivity (Wildman–Crippen MR) is 90.4 cm³/mol. The third-order valence-electron chi connectivity index (χ3n) is 3.57. The molecule has 0 radical (unpaired) electrons. The number of carbonyl (C=O) groups is 1. The molecule has 110 valence electrons. The number of thiocarbonyl (C=S) groups is 1. The smallest absolute Gasteiger partial charge is 0.254 e. The maximum absolute atomic E-state index is 12.3. The van der Waals surface area contributed by atoms with Crippen molar-refractivity contribution in [2.24, 2.45) is 5.73 Å². The molecule has 1 aromatic heterocycles. The van der Waals surface area contributed by atoms with E-state index in [1.165, 1.54) is 11.3 Å². The summed E-state index contributed by atoms with van der Waals surface area (Å²) >= 11 is 10.0. The maximum atomic E-state index is 12.3. The minimum absolute atomic E-state index is 0.106. The van der Waals surface area contributed by atoms with Gasteiger partial charge in [0.25, 0.3) is 5.91 Å². The minimum Gasteiger partial charge on any atom is -0.392 e. The van der Waals surface area contributed by atoms with Crippen LogP contribution in [-0.4, -0.2) is 52.9 Å². The highest BCUT2D eigenvalue weighted by Crippen LogP contribution is 2.22. The normalized spacial score (nSPS) is 18.0. The highest BCUT2D eigenvalue weighted by atomic mass is 79.9. The zero-order valence-corrected chi connectivity index (χ0v) is 14.6. The fraction of sp³-hybridized carbons (Fsp3) is 0.538. The van der Waals surface area contributed by atoms with Gasteiger partial charge in [-0.15, -0.1) is 11.3 Å². The molecule has 0 aromatic carbocycles. The first kappa shape index (κ1) is 15.9. The van der Waals surface area contributed by atoms with Gasteiger partial charge in [0.15, 0.2) is 0 Å². The molecule has 2 rings (SSSR count). The summed E-state index contributed by atoms with van der Waals surface area (Å²) in [6.45, 7) is 5.20. The number of thiophene rings is 1. The van der Waals surface area contributed by atoms with E-state index in [0.29, 0.717) is 4.99 Å². The number of hydrogen-bond acceptors (Lipinski definition) is 4. The molecule has 1 aromatic rings. The van der Waals surface area contributed by atoms with Gasteiger partial charge in [0.05, 0.1) is 20.4 Å². The van der Waals surface area contributed by atoms with Crippen LogP contribution in [0.15, 0.2) is 15.2 Å². The standard InChI is InChI=1S/C13H18BrN3OS2/c1-2-10(12(15)19)16-3-5-17(6-4-16)13(18)9-7-11(14)20-8-9/h7-8,10H,2-6H2,1H3,(H2,15,19). The van der Waals surface area contributed by atoms with Gasteiger partial charge in [0, 0.05) is 31.6 Å². The highest BCUT2D eigenvalue weighted by Gasteiger charge is 2.27.